The van der Waals surface area contributed by atoms with Crippen molar-refractivity contribution in [2.45, 2.75) is 4.84 Å². The smallest absolute Gasteiger partial charge is 0.0530 e. The van der Waals surface area contributed by atoms with Crippen molar-refractivity contribution in [3.63, 3.8) is 0 Å². The van der Waals surface area contributed by atoms with Crippen LogP contribution < -0.4 is 0 Å². The van der Waals surface area contributed by atoms with Crippen molar-refractivity contribution in [2.24, 2.45) is 0 Å². The minimum absolute atomic E-state index is 0.755. The minimum Gasteiger partial charge on any atom is -0.0530 e. The van der Waals surface area contributed by atoms with Crippen molar-refractivity contribution >= 4 is 29.4 Å². The van der Waals surface area contributed by atoms with Gasteiger partial charge in [-0.25, -0.2) is 0 Å². The lowest BCUT2D eigenvalue weighted by atomic mass is 10.9. The average molecular weight is 111 g/mol. The van der Waals surface area contributed by atoms with Crippen LogP contribution in [0.5, 0.6) is 0 Å². The number of rotatable bonds is 1. The van der Waals surface area contributed by atoms with E-state index in [0.717, 1.165) is 0 Å². The molecule has 1 nitrogen and oxygen atoms in total. The second-order valence-corrected chi connectivity index (χ2v) is 1.54. The molecule has 0 aliphatic heterocycles. The fourth-order valence-corrected chi connectivity index (χ4v) is 0. The Labute approximate surface area is 40.4 Å². The van der Waals surface area contributed by atoms with E-state index >= 15 is 0 Å². The number of halogens is 2. The molecule has 0 spiro atoms. The van der Waals surface area contributed by atoms with Crippen LogP contribution in [0.4, 0.5) is 0 Å². The van der Waals surface area contributed by atoms with Gasteiger partial charge in [0.15, 0.2) is 0 Å². The fraction of sp³-hybridized carbons (Fsp3) is 0.500. The molecule has 0 saturated heterocycles. The van der Waals surface area contributed by atoms with Crippen LogP contribution in [0.15, 0.2) is 0 Å². The third-order valence-corrected chi connectivity index (χ3v) is 0.327. The number of alkyl halides is 2. The van der Waals surface area contributed by atoms with Crippen molar-refractivity contribution in [3.8, 4) is 0 Å². The summed E-state index contributed by atoms with van der Waals surface area (Å²) >= 11 is 9.86. The molecule has 0 amide bonds. The summed E-state index contributed by atoms with van der Waals surface area (Å²) in [6.07, 6.45) is 1.81. The van der Waals surface area contributed by atoms with E-state index in [2.05, 4.69) is 0 Å². The first kappa shape index (κ1) is 5.16. The maximum absolute atomic E-state index is 6.14. The van der Waals surface area contributed by atoms with E-state index in [0.29, 0.717) is 0 Å². The lowest BCUT2D eigenvalue weighted by molar-refractivity contribution is 1.52. The minimum atomic E-state index is -0.755. The molecule has 5 heavy (non-hydrogen) atoms. The van der Waals surface area contributed by atoms with E-state index < -0.39 is 4.84 Å². The van der Waals surface area contributed by atoms with E-state index in [4.69, 9.17) is 28.6 Å². The Morgan fingerprint density at radius 2 is 1.80 bits per heavy atom. The summed E-state index contributed by atoms with van der Waals surface area (Å²) in [5, 5.41) is 6.14. The molecule has 0 heterocycles. The Hall–Kier alpha value is 0.160. The SMILES string of the molecule is N=[C+]C(Cl)Cl. The van der Waals surface area contributed by atoms with E-state index in [1.807, 2.05) is 6.21 Å². The van der Waals surface area contributed by atoms with Crippen molar-refractivity contribution in [1.82, 2.24) is 0 Å². The highest BCUT2D eigenvalue weighted by Crippen LogP contribution is 1.93. The van der Waals surface area contributed by atoms with Crippen LogP contribution in [0, 0.1) is 5.41 Å². The summed E-state index contributed by atoms with van der Waals surface area (Å²) < 4.78 is 0. The maximum Gasteiger partial charge on any atom is 0.393 e. The highest BCUT2D eigenvalue weighted by atomic mass is 35.5. The first-order chi connectivity index (χ1) is 2.27. The van der Waals surface area contributed by atoms with Crippen LogP contribution in [0.2, 0.25) is 0 Å². The molecule has 0 radical (unpaired) electrons. The van der Waals surface area contributed by atoms with Gasteiger partial charge < -0.3 is 0 Å². The molecule has 0 rings (SSSR count). The van der Waals surface area contributed by atoms with Crippen LogP contribution in [0.3, 0.4) is 0 Å². The number of nitrogens with one attached hydrogen (secondary N) is 1. The number of hydrogen-bond acceptors (Lipinski definition) is 1. The molecule has 0 bridgehead atoms. The lowest BCUT2D eigenvalue weighted by Crippen LogP contribution is -1.80. The van der Waals surface area contributed by atoms with Gasteiger partial charge in [-0.2, -0.15) is 0 Å². The summed E-state index contributed by atoms with van der Waals surface area (Å²) in [6, 6.07) is 0. The largest absolute Gasteiger partial charge is 0.393 e. The predicted octanol–water partition coefficient (Wildman–Crippen LogP) is 1.32. The summed E-state index contributed by atoms with van der Waals surface area (Å²) in [5.41, 5.74) is 0. The molecule has 0 aromatic carbocycles. The molecular weight excluding hydrogens is 109 g/mol. The second kappa shape index (κ2) is 2.40. The van der Waals surface area contributed by atoms with Crippen LogP contribution >= 0.6 is 23.2 Å². The van der Waals surface area contributed by atoms with Gasteiger partial charge in [-0.15, -0.1) is 0 Å². The first-order valence-electron chi connectivity index (χ1n) is 0.975. The van der Waals surface area contributed by atoms with Gasteiger partial charge in [0, 0.05) is 0 Å². The van der Waals surface area contributed by atoms with Gasteiger partial charge in [0.25, 0.3) is 0 Å². The van der Waals surface area contributed by atoms with Gasteiger partial charge in [0.1, 0.15) is 0 Å². The Morgan fingerprint density at radius 3 is 1.80 bits per heavy atom. The van der Waals surface area contributed by atoms with Gasteiger partial charge in [0.05, 0.1) is 0 Å². The normalized spacial score (nSPS) is 7.80. The summed E-state index contributed by atoms with van der Waals surface area (Å²) in [7, 11) is 0. The zero-order valence-electron chi connectivity index (χ0n) is 2.33. The zero-order chi connectivity index (χ0) is 4.28. The second-order valence-electron chi connectivity index (χ2n) is 0.445. The van der Waals surface area contributed by atoms with Gasteiger partial charge >= 0.3 is 11.1 Å². The van der Waals surface area contributed by atoms with E-state index in [1.54, 1.807) is 0 Å². The molecule has 1 N–H and O–H groups in total. The predicted molar refractivity (Wildman–Crippen MR) is 23.2 cm³/mol. The van der Waals surface area contributed by atoms with E-state index in [1.165, 1.54) is 0 Å². The highest BCUT2D eigenvalue weighted by Gasteiger charge is 2.03. The van der Waals surface area contributed by atoms with Gasteiger partial charge in [0.2, 0.25) is 0 Å². The van der Waals surface area contributed by atoms with Crippen LogP contribution in [0.25, 0.3) is 0 Å². The molecule has 0 aliphatic carbocycles. The molecule has 0 atom stereocenters. The Kier molecular flexibility index (Phi) is 2.48. The van der Waals surface area contributed by atoms with Gasteiger partial charge in [-0.05, 0) is 23.2 Å². The van der Waals surface area contributed by atoms with Crippen molar-refractivity contribution < 1.29 is 0 Å². The lowest BCUT2D eigenvalue weighted by Gasteiger charge is -1.57. The quantitative estimate of drug-likeness (QED) is 0.299. The number of hydrogen-bond donors (Lipinski definition) is 1. The van der Waals surface area contributed by atoms with Crippen molar-refractivity contribution in [3.05, 3.63) is 0 Å². The summed E-state index contributed by atoms with van der Waals surface area (Å²) in [4.78, 5) is -0.755. The molecule has 0 aliphatic rings. The molecule has 0 aromatic rings. The van der Waals surface area contributed by atoms with Crippen LogP contribution in [-0.2, 0) is 0 Å². The summed E-state index contributed by atoms with van der Waals surface area (Å²) in [5.74, 6) is 0. The third-order valence-electron chi connectivity index (χ3n) is 0.109. The standard InChI is InChI=1S/C2H2Cl2N/c3-2(4)1-5/h2,5H/q+1. The van der Waals surface area contributed by atoms with Gasteiger partial charge in [-0.3, -0.25) is 0 Å². The topological polar surface area (TPSA) is 23.9 Å². The molecule has 3 heteroatoms. The molecule has 0 unspecified atom stereocenters. The Balaban J connectivity index is 2.83. The summed E-state index contributed by atoms with van der Waals surface area (Å²) in [6.45, 7) is 0. The fourth-order valence-electron chi connectivity index (χ4n) is 0. The average Bonchev–Trinajstić information content (AvgIpc) is 1.38. The maximum atomic E-state index is 6.14. The van der Waals surface area contributed by atoms with E-state index in [9.17, 15) is 0 Å². The highest BCUT2D eigenvalue weighted by molar-refractivity contribution is 6.51. The molecule has 0 fully saturated rings. The zero-order valence-corrected chi connectivity index (χ0v) is 3.85. The van der Waals surface area contributed by atoms with Crippen LogP contribution in [-0.4, -0.2) is 11.1 Å². The van der Waals surface area contributed by atoms with E-state index in [-0.39, 0.29) is 0 Å². The van der Waals surface area contributed by atoms with Crippen molar-refractivity contribution in [2.75, 3.05) is 0 Å². The molecular formula is C2H2Cl2N+. The third kappa shape index (κ3) is 4.16. The molecule has 0 saturated carbocycles. The first-order valence-corrected chi connectivity index (χ1v) is 1.85. The molecule has 0 aromatic heterocycles. The Morgan fingerprint density at radius 1 is 1.60 bits per heavy atom. The molecule has 28 valence electrons. The Bertz CT molecular complexity index is 34.6. The van der Waals surface area contributed by atoms with Crippen LogP contribution in [0.1, 0.15) is 0 Å². The monoisotopic (exact) mass is 110 g/mol. The van der Waals surface area contributed by atoms with Crippen molar-refractivity contribution in [1.29, 1.82) is 5.41 Å². The van der Waals surface area contributed by atoms with Gasteiger partial charge in [-0.1, -0.05) is 5.41 Å².